The van der Waals surface area contributed by atoms with Crippen molar-refractivity contribution in [2.45, 2.75) is 12.0 Å². The number of ether oxygens (including phenoxy) is 1. The van der Waals surface area contributed by atoms with Crippen LogP contribution in [0.2, 0.25) is 5.02 Å². The lowest BCUT2D eigenvalue weighted by Crippen LogP contribution is -2.30. The highest BCUT2D eigenvalue weighted by Crippen LogP contribution is 2.26. The molecule has 0 aromatic heterocycles. The van der Waals surface area contributed by atoms with E-state index in [1.54, 1.807) is 0 Å². The molecule has 2 atom stereocenters. The quantitative estimate of drug-likeness (QED) is 0.893. The van der Waals surface area contributed by atoms with E-state index in [1.807, 2.05) is 30.3 Å². The molecule has 0 aliphatic carbocycles. The lowest BCUT2D eigenvalue weighted by atomic mass is 9.95. The van der Waals surface area contributed by atoms with Crippen molar-refractivity contribution in [1.29, 1.82) is 0 Å². The summed E-state index contributed by atoms with van der Waals surface area (Å²) < 4.78 is 5.76. The molecule has 2 aromatic rings. The fourth-order valence-electron chi connectivity index (χ4n) is 3.00. The summed E-state index contributed by atoms with van der Waals surface area (Å²) in [5.41, 5.74) is 7.63. The van der Waals surface area contributed by atoms with Gasteiger partial charge in [-0.15, -0.1) is 12.4 Å². The molecule has 2 N–H and O–H groups in total. The van der Waals surface area contributed by atoms with Crippen LogP contribution in [-0.4, -0.2) is 37.2 Å². The van der Waals surface area contributed by atoms with Gasteiger partial charge in [0.25, 0.3) is 0 Å². The standard InChI is InChI=1S/C18H21ClN2O.ClH/c19-16-8-4-5-9-18(16)22-11-10-21-12-15(17(20)13-21)14-6-2-1-3-7-14;/h1-9,15,17H,10-13,20H2;1H/t15-,17+;/m0./s1. The number of rotatable bonds is 5. The topological polar surface area (TPSA) is 38.5 Å². The first-order chi connectivity index (χ1) is 10.7. The lowest BCUT2D eigenvalue weighted by Gasteiger charge is -2.16. The average Bonchev–Trinajstić information content (AvgIpc) is 2.91. The second kappa shape index (κ2) is 8.55. The van der Waals surface area contributed by atoms with Gasteiger partial charge in [0.05, 0.1) is 5.02 Å². The van der Waals surface area contributed by atoms with Crippen molar-refractivity contribution in [3.05, 3.63) is 65.2 Å². The normalized spacial score (nSPS) is 21.0. The number of hydrogen-bond acceptors (Lipinski definition) is 3. The van der Waals surface area contributed by atoms with E-state index < -0.39 is 0 Å². The number of likely N-dealkylation sites (tertiary alicyclic amines) is 1. The maximum absolute atomic E-state index is 6.30. The molecule has 0 radical (unpaired) electrons. The maximum Gasteiger partial charge on any atom is 0.137 e. The van der Waals surface area contributed by atoms with Crippen molar-refractivity contribution in [3.8, 4) is 5.75 Å². The Labute approximate surface area is 148 Å². The van der Waals surface area contributed by atoms with Crippen molar-refractivity contribution in [2.24, 2.45) is 5.73 Å². The minimum atomic E-state index is 0. The number of nitrogens with two attached hydrogens (primary N) is 1. The van der Waals surface area contributed by atoms with Crippen LogP contribution in [0.3, 0.4) is 0 Å². The summed E-state index contributed by atoms with van der Waals surface area (Å²) in [6.07, 6.45) is 0. The van der Waals surface area contributed by atoms with E-state index in [0.717, 1.165) is 25.4 Å². The molecule has 5 heteroatoms. The van der Waals surface area contributed by atoms with Gasteiger partial charge in [-0.1, -0.05) is 54.1 Å². The van der Waals surface area contributed by atoms with Crippen LogP contribution < -0.4 is 10.5 Å². The summed E-state index contributed by atoms with van der Waals surface area (Å²) >= 11 is 6.09. The van der Waals surface area contributed by atoms with Crippen LogP contribution in [0.1, 0.15) is 11.5 Å². The number of halogens is 2. The molecule has 0 spiro atoms. The monoisotopic (exact) mass is 352 g/mol. The Balaban J connectivity index is 0.00000192. The molecule has 0 bridgehead atoms. The van der Waals surface area contributed by atoms with Gasteiger partial charge in [0.1, 0.15) is 12.4 Å². The Morgan fingerprint density at radius 2 is 1.74 bits per heavy atom. The lowest BCUT2D eigenvalue weighted by molar-refractivity contribution is 0.235. The van der Waals surface area contributed by atoms with E-state index >= 15 is 0 Å². The molecule has 1 saturated heterocycles. The SMILES string of the molecule is Cl.N[C@@H]1CN(CCOc2ccccc2Cl)C[C@H]1c1ccccc1. The van der Waals surface area contributed by atoms with Crippen LogP contribution in [0.4, 0.5) is 0 Å². The zero-order valence-electron chi connectivity index (χ0n) is 12.9. The van der Waals surface area contributed by atoms with Crippen LogP contribution in [-0.2, 0) is 0 Å². The van der Waals surface area contributed by atoms with Gasteiger partial charge < -0.3 is 10.5 Å². The third-order valence-corrected chi connectivity index (χ3v) is 4.48. The van der Waals surface area contributed by atoms with Gasteiger partial charge in [0, 0.05) is 31.6 Å². The van der Waals surface area contributed by atoms with Gasteiger partial charge >= 0.3 is 0 Å². The highest BCUT2D eigenvalue weighted by Gasteiger charge is 2.30. The van der Waals surface area contributed by atoms with Crippen LogP contribution in [0.5, 0.6) is 5.75 Å². The summed E-state index contributed by atoms with van der Waals surface area (Å²) in [5.74, 6) is 1.15. The van der Waals surface area contributed by atoms with Crippen LogP contribution in [0.15, 0.2) is 54.6 Å². The first-order valence-electron chi connectivity index (χ1n) is 7.64. The number of hydrogen-bond donors (Lipinski definition) is 1. The first kappa shape index (κ1) is 18.1. The van der Waals surface area contributed by atoms with E-state index in [0.29, 0.717) is 17.5 Å². The van der Waals surface area contributed by atoms with Crippen molar-refractivity contribution in [2.75, 3.05) is 26.2 Å². The Hall–Kier alpha value is -1.26. The first-order valence-corrected chi connectivity index (χ1v) is 8.02. The minimum absolute atomic E-state index is 0. The van der Waals surface area contributed by atoms with E-state index in [4.69, 9.17) is 22.1 Å². The summed E-state index contributed by atoms with van der Waals surface area (Å²) in [5, 5.41) is 0.655. The van der Waals surface area contributed by atoms with Crippen LogP contribution >= 0.6 is 24.0 Å². The van der Waals surface area contributed by atoms with Crippen molar-refractivity contribution in [1.82, 2.24) is 4.90 Å². The maximum atomic E-state index is 6.30. The minimum Gasteiger partial charge on any atom is -0.491 e. The molecular formula is C18H22Cl2N2O. The predicted octanol–water partition coefficient (Wildman–Crippen LogP) is 3.57. The predicted molar refractivity (Wildman–Crippen MR) is 97.8 cm³/mol. The zero-order valence-corrected chi connectivity index (χ0v) is 14.5. The Bertz CT molecular complexity index is 609. The van der Waals surface area contributed by atoms with Crippen LogP contribution in [0.25, 0.3) is 0 Å². The highest BCUT2D eigenvalue weighted by atomic mass is 35.5. The summed E-state index contributed by atoms with van der Waals surface area (Å²) in [7, 11) is 0. The highest BCUT2D eigenvalue weighted by molar-refractivity contribution is 6.32. The van der Waals surface area contributed by atoms with Gasteiger partial charge in [-0.05, 0) is 17.7 Å². The smallest absolute Gasteiger partial charge is 0.137 e. The molecule has 1 heterocycles. The molecule has 124 valence electrons. The van der Waals surface area contributed by atoms with Crippen LogP contribution in [0, 0.1) is 0 Å². The Morgan fingerprint density at radius 3 is 2.48 bits per heavy atom. The molecule has 1 aliphatic heterocycles. The Morgan fingerprint density at radius 1 is 1.04 bits per heavy atom. The van der Waals surface area contributed by atoms with Gasteiger partial charge in [-0.3, -0.25) is 4.90 Å². The van der Waals surface area contributed by atoms with Gasteiger partial charge in [-0.2, -0.15) is 0 Å². The second-order valence-electron chi connectivity index (χ2n) is 5.72. The van der Waals surface area contributed by atoms with E-state index in [-0.39, 0.29) is 18.4 Å². The van der Waals surface area contributed by atoms with E-state index in [2.05, 4.69) is 29.2 Å². The van der Waals surface area contributed by atoms with Gasteiger partial charge in [-0.25, -0.2) is 0 Å². The summed E-state index contributed by atoms with van der Waals surface area (Å²) in [4.78, 5) is 2.36. The molecule has 3 rings (SSSR count). The summed E-state index contributed by atoms with van der Waals surface area (Å²) in [6, 6.07) is 18.3. The molecule has 1 aliphatic rings. The number of benzene rings is 2. The second-order valence-corrected chi connectivity index (χ2v) is 6.13. The van der Waals surface area contributed by atoms with Crippen molar-refractivity contribution in [3.63, 3.8) is 0 Å². The number of para-hydroxylation sites is 1. The molecule has 23 heavy (non-hydrogen) atoms. The van der Waals surface area contributed by atoms with Gasteiger partial charge in [0.15, 0.2) is 0 Å². The zero-order chi connectivity index (χ0) is 15.4. The molecular weight excluding hydrogens is 331 g/mol. The van der Waals surface area contributed by atoms with Crippen molar-refractivity contribution < 1.29 is 4.74 Å². The summed E-state index contributed by atoms with van der Waals surface area (Å²) in [6.45, 7) is 3.38. The Kier molecular flexibility index (Phi) is 6.72. The molecule has 0 saturated carbocycles. The molecule has 1 fully saturated rings. The molecule has 3 nitrogen and oxygen atoms in total. The fraction of sp³-hybridized carbons (Fsp3) is 0.333. The molecule has 0 unspecified atom stereocenters. The van der Waals surface area contributed by atoms with E-state index in [1.165, 1.54) is 5.56 Å². The third kappa shape index (κ3) is 4.61. The third-order valence-electron chi connectivity index (χ3n) is 4.17. The average molecular weight is 353 g/mol. The largest absolute Gasteiger partial charge is 0.491 e. The fourth-order valence-corrected chi connectivity index (χ4v) is 3.19. The van der Waals surface area contributed by atoms with Gasteiger partial charge in [0.2, 0.25) is 0 Å². The number of nitrogens with zero attached hydrogens (tertiary/aromatic N) is 1. The van der Waals surface area contributed by atoms with E-state index in [9.17, 15) is 0 Å². The molecule has 2 aromatic carbocycles. The van der Waals surface area contributed by atoms with Crippen molar-refractivity contribution >= 4 is 24.0 Å². The molecule has 0 amide bonds.